The third kappa shape index (κ3) is 3.65. The standard InChI is InChI=1S/C20H14BrF3N2/c21-17-7-15(10-25-11-17)19-9-14(8-18(26-19)13-1-2-13)12-3-5-16(6-4-12)20(22,23)24/h3-11,13H,1-2H2. The van der Waals surface area contributed by atoms with Crippen molar-refractivity contribution < 1.29 is 13.2 Å². The molecule has 1 saturated carbocycles. The summed E-state index contributed by atoms with van der Waals surface area (Å²) in [5.74, 6) is 0.434. The molecule has 0 aliphatic heterocycles. The Bertz CT molecular complexity index is 948. The molecule has 3 aromatic rings. The number of rotatable bonds is 3. The lowest BCUT2D eigenvalue weighted by Crippen LogP contribution is -2.04. The number of aromatic nitrogens is 2. The first-order valence-electron chi connectivity index (χ1n) is 8.21. The summed E-state index contributed by atoms with van der Waals surface area (Å²) in [4.78, 5) is 8.93. The van der Waals surface area contributed by atoms with Crippen molar-refractivity contribution in [3.05, 3.63) is 70.6 Å². The average Bonchev–Trinajstić information content (AvgIpc) is 3.46. The minimum Gasteiger partial charge on any atom is -0.263 e. The first-order valence-corrected chi connectivity index (χ1v) is 9.00. The Balaban J connectivity index is 1.78. The topological polar surface area (TPSA) is 25.8 Å². The minimum atomic E-state index is -4.33. The SMILES string of the molecule is FC(F)(F)c1ccc(-c2cc(-c3cncc(Br)c3)nc(C3CC3)c2)cc1. The van der Waals surface area contributed by atoms with Gasteiger partial charge in [0.05, 0.1) is 11.3 Å². The molecule has 0 unspecified atom stereocenters. The molecule has 0 spiro atoms. The molecule has 0 atom stereocenters. The highest BCUT2D eigenvalue weighted by Gasteiger charge is 2.30. The Kier molecular flexibility index (Phi) is 4.31. The van der Waals surface area contributed by atoms with Crippen LogP contribution in [0.15, 0.2) is 59.3 Å². The maximum absolute atomic E-state index is 12.8. The summed E-state index contributed by atoms with van der Waals surface area (Å²) in [6.45, 7) is 0. The van der Waals surface area contributed by atoms with Gasteiger partial charge >= 0.3 is 6.18 Å². The van der Waals surface area contributed by atoms with Gasteiger partial charge in [-0.25, -0.2) is 0 Å². The van der Waals surface area contributed by atoms with Crippen LogP contribution in [0.3, 0.4) is 0 Å². The molecule has 0 N–H and O–H groups in total. The lowest BCUT2D eigenvalue weighted by Gasteiger charge is -2.11. The van der Waals surface area contributed by atoms with E-state index in [1.165, 1.54) is 12.1 Å². The Morgan fingerprint density at radius 1 is 0.885 bits per heavy atom. The molecule has 0 amide bonds. The summed E-state index contributed by atoms with van der Waals surface area (Å²) < 4.78 is 39.3. The normalized spacial score (nSPS) is 14.5. The fraction of sp³-hybridized carbons (Fsp3) is 0.200. The maximum Gasteiger partial charge on any atom is 0.416 e. The molecule has 0 saturated heterocycles. The van der Waals surface area contributed by atoms with Crippen molar-refractivity contribution >= 4 is 15.9 Å². The number of nitrogens with zero attached hydrogens (tertiary/aromatic N) is 2. The number of pyridine rings is 2. The lowest BCUT2D eigenvalue weighted by atomic mass is 10.0. The summed E-state index contributed by atoms with van der Waals surface area (Å²) in [6, 6.07) is 11.1. The Morgan fingerprint density at radius 3 is 2.23 bits per heavy atom. The van der Waals surface area contributed by atoms with Crippen LogP contribution in [0.25, 0.3) is 22.4 Å². The van der Waals surface area contributed by atoms with Gasteiger partial charge in [-0.1, -0.05) is 12.1 Å². The van der Waals surface area contributed by atoms with E-state index in [0.29, 0.717) is 5.92 Å². The van der Waals surface area contributed by atoms with Crippen LogP contribution in [0.4, 0.5) is 13.2 Å². The molecular weight excluding hydrogens is 405 g/mol. The van der Waals surface area contributed by atoms with E-state index in [1.54, 1.807) is 12.4 Å². The zero-order valence-corrected chi connectivity index (χ0v) is 15.2. The average molecular weight is 419 g/mol. The third-order valence-electron chi connectivity index (χ3n) is 4.39. The van der Waals surface area contributed by atoms with Crippen LogP contribution in [0.1, 0.15) is 30.0 Å². The van der Waals surface area contributed by atoms with Gasteiger partial charge in [-0.3, -0.25) is 9.97 Å². The maximum atomic E-state index is 12.8. The van der Waals surface area contributed by atoms with E-state index in [4.69, 9.17) is 4.98 Å². The van der Waals surface area contributed by atoms with Gasteiger partial charge in [0, 0.05) is 34.0 Å². The number of hydrogen-bond acceptors (Lipinski definition) is 2. The van der Waals surface area contributed by atoms with Gasteiger partial charge in [-0.15, -0.1) is 0 Å². The van der Waals surface area contributed by atoms with Crippen molar-refractivity contribution in [2.75, 3.05) is 0 Å². The zero-order chi connectivity index (χ0) is 18.3. The molecule has 1 fully saturated rings. The second-order valence-corrected chi connectivity index (χ2v) is 7.32. The highest BCUT2D eigenvalue weighted by atomic mass is 79.9. The van der Waals surface area contributed by atoms with Crippen molar-refractivity contribution in [3.8, 4) is 22.4 Å². The van der Waals surface area contributed by atoms with Crippen LogP contribution in [0, 0.1) is 0 Å². The zero-order valence-electron chi connectivity index (χ0n) is 13.6. The van der Waals surface area contributed by atoms with Crippen molar-refractivity contribution in [1.29, 1.82) is 0 Å². The number of hydrogen-bond donors (Lipinski definition) is 0. The van der Waals surface area contributed by atoms with Crippen LogP contribution < -0.4 is 0 Å². The molecule has 1 aliphatic rings. The van der Waals surface area contributed by atoms with Crippen LogP contribution in [0.2, 0.25) is 0 Å². The summed E-state index contributed by atoms with van der Waals surface area (Å²) in [7, 11) is 0. The Labute approximate surface area is 157 Å². The van der Waals surface area contributed by atoms with Gasteiger partial charge in [-0.2, -0.15) is 13.2 Å². The Morgan fingerprint density at radius 2 is 1.62 bits per heavy atom. The van der Waals surface area contributed by atoms with Gasteiger partial charge < -0.3 is 0 Å². The molecule has 4 rings (SSSR count). The second-order valence-electron chi connectivity index (χ2n) is 6.41. The second kappa shape index (κ2) is 6.50. The van der Waals surface area contributed by atoms with E-state index in [2.05, 4.69) is 20.9 Å². The number of benzene rings is 1. The van der Waals surface area contributed by atoms with Gasteiger partial charge in [0.15, 0.2) is 0 Å². The summed E-state index contributed by atoms with van der Waals surface area (Å²) in [5.41, 5.74) is 3.59. The quantitative estimate of drug-likeness (QED) is 0.486. The minimum absolute atomic E-state index is 0.434. The molecule has 0 bridgehead atoms. The molecule has 0 radical (unpaired) electrons. The summed E-state index contributed by atoms with van der Waals surface area (Å²) >= 11 is 3.41. The summed E-state index contributed by atoms with van der Waals surface area (Å²) in [5, 5.41) is 0. The molecular formula is C20H14BrF3N2. The first-order chi connectivity index (χ1) is 12.4. The van der Waals surface area contributed by atoms with E-state index in [9.17, 15) is 13.2 Å². The highest BCUT2D eigenvalue weighted by Crippen LogP contribution is 2.41. The molecule has 2 aromatic heterocycles. The Hall–Kier alpha value is -2.21. The fourth-order valence-corrected chi connectivity index (χ4v) is 3.22. The van der Waals surface area contributed by atoms with Crippen molar-refractivity contribution in [2.45, 2.75) is 24.9 Å². The van der Waals surface area contributed by atoms with Crippen LogP contribution in [-0.4, -0.2) is 9.97 Å². The number of halogens is 4. The molecule has 2 heterocycles. The monoisotopic (exact) mass is 418 g/mol. The molecule has 6 heteroatoms. The van der Waals surface area contributed by atoms with Crippen LogP contribution >= 0.6 is 15.9 Å². The largest absolute Gasteiger partial charge is 0.416 e. The molecule has 2 nitrogen and oxygen atoms in total. The summed E-state index contributed by atoms with van der Waals surface area (Å²) in [6.07, 6.45) is 1.30. The first kappa shape index (κ1) is 17.2. The van der Waals surface area contributed by atoms with Gasteiger partial charge in [0.1, 0.15) is 0 Å². The van der Waals surface area contributed by atoms with E-state index in [1.807, 2.05) is 18.2 Å². The van der Waals surface area contributed by atoms with Gasteiger partial charge in [-0.05, 0) is 70.2 Å². The van der Waals surface area contributed by atoms with E-state index in [-0.39, 0.29) is 0 Å². The molecule has 26 heavy (non-hydrogen) atoms. The fourth-order valence-electron chi connectivity index (χ4n) is 2.86. The predicted molar refractivity (Wildman–Crippen MR) is 97.6 cm³/mol. The molecule has 1 aromatic carbocycles. The van der Waals surface area contributed by atoms with Crippen molar-refractivity contribution in [3.63, 3.8) is 0 Å². The molecule has 132 valence electrons. The van der Waals surface area contributed by atoms with E-state index in [0.717, 1.165) is 57.5 Å². The van der Waals surface area contributed by atoms with Crippen LogP contribution in [-0.2, 0) is 6.18 Å². The highest BCUT2D eigenvalue weighted by molar-refractivity contribution is 9.10. The van der Waals surface area contributed by atoms with E-state index >= 15 is 0 Å². The smallest absolute Gasteiger partial charge is 0.263 e. The van der Waals surface area contributed by atoms with Gasteiger partial charge in [0.2, 0.25) is 0 Å². The van der Waals surface area contributed by atoms with E-state index < -0.39 is 11.7 Å². The van der Waals surface area contributed by atoms with Crippen molar-refractivity contribution in [1.82, 2.24) is 9.97 Å². The third-order valence-corrected chi connectivity index (χ3v) is 4.82. The van der Waals surface area contributed by atoms with Crippen LogP contribution in [0.5, 0.6) is 0 Å². The molecule has 1 aliphatic carbocycles. The van der Waals surface area contributed by atoms with Gasteiger partial charge in [0.25, 0.3) is 0 Å². The lowest BCUT2D eigenvalue weighted by molar-refractivity contribution is -0.137. The predicted octanol–water partition coefficient (Wildman–Crippen LogP) is 6.47. The van der Waals surface area contributed by atoms with Crippen molar-refractivity contribution in [2.24, 2.45) is 0 Å². The number of alkyl halides is 3.